The van der Waals surface area contributed by atoms with E-state index in [1.165, 1.54) is 0 Å². The average Bonchev–Trinajstić information content (AvgIpc) is 4.06. The number of ether oxygens (including phenoxy) is 8. The Morgan fingerprint density at radius 1 is 0.544 bits per heavy atom. The van der Waals surface area contributed by atoms with Gasteiger partial charge in [0.1, 0.15) is 31.1 Å². The lowest BCUT2D eigenvalue weighted by molar-refractivity contribution is -0.289. The Kier molecular flexibility index (Phi) is 14.2. The third-order valence-corrected chi connectivity index (χ3v) is 12.9. The van der Waals surface area contributed by atoms with E-state index < -0.39 is 42.5 Å². The Morgan fingerprint density at radius 2 is 1.01 bits per heavy atom. The molecule has 7 aromatic rings. The maximum Gasteiger partial charge on any atom is 0.270 e. The second-order valence-electron chi connectivity index (χ2n) is 16.7. The van der Waals surface area contributed by atoms with E-state index in [1.807, 2.05) is 175 Å². The maximum atomic E-state index is 14.5. The van der Waals surface area contributed by atoms with E-state index in [1.54, 1.807) is 0 Å². The number of hydrogen-bond acceptors (Lipinski definition) is 10. The quantitative estimate of drug-likeness (QED) is 0.0726. The molecule has 6 aromatic carbocycles. The normalized spacial score (nSPS) is 20.2. The van der Waals surface area contributed by atoms with Crippen LogP contribution >= 0.6 is 15.9 Å². The summed E-state index contributed by atoms with van der Waals surface area (Å²) < 4.78 is 54.7. The number of nitrogens with zero attached hydrogens (tertiary/aromatic N) is 2. The summed E-state index contributed by atoms with van der Waals surface area (Å²) in [5, 5.41) is 0.626. The first-order valence-corrected chi connectivity index (χ1v) is 23.3. The second-order valence-corrected chi connectivity index (χ2v) is 17.5. The van der Waals surface area contributed by atoms with Crippen molar-refractivity contribution in [1.82, 2.24) is 9.47 Å². The SMILES string of the molecule is O=C1C(Br)=C(c2cn(C3OC(COCc4ccccc4)C(OCc4ccccc4)C(OCc4ccccc4)C3OCc3ccccc3)c3cc4c(cc23)OCO4)C(=O)N1COCc1ccccc1. The van der Waals surface area contributed by atoms with Crippen LogP contribution < -0.4 is 9.47 Å². The molecule has 5 unspecified atom stereocenters. The molecule has 1 aromatic heterocycles. The van der Waals surface area contributed by atoms with E-state index in [4.69, 9.17) is 37.9 Å². The highest BCUT2D eigenvalue weighted by Gasteiger charge is 2.50. The van der Waals surface area contributed by atoms with Crippen LogP contribution in [-0.2, 0) is 71.0 Å². The van der Waals surface area contributed by atoms with Gasteiger partial charge in [-0.2, -0.15) is 0 Å². The highest BCUT2D eigenvalue weighted by atomic mass is 79.9. The molecule has 0 radical (unpaired) electrons. The van der Waals surface area contributed by atoms with Crippen molar-refractivity contribution in [2.24, 2.45) is 0 Å². The highest BCUT2D eigenvalue weighted by molar-refractivity contribution is 9.12. The van der Waals surface area contributed by atoms with Crippen LogP contribution in [0.1, 0.15) is 39.6 Å². The van der Waals surface area contributed by atoms with Gasteiger partial charge >= 0.3 is 0 Å². The molecule has 0 saturated carbocycles. The molecule has 346 valence electrons. The first kappa shape index (κ1) is 45.4. The van der Waals surface area contributed by atoms with E-state index in [0.717, 1.165) is 32.7 Å². The van der Waals surface area contributed by atoms with E-state index in [9.17, 15) is 9.59 Å². The summed E-state index contributed by atoms with van der Waals surface area (Å²) in [7, 11) is 0. The molecule has 2 amide bonds. The molecule has 5 atom stereocenters. The van der Waals surface area contributed by atoms with Crippen molar-refractivity contribution in [3.63, 3.8) is 0 Å². The number of imide groups is 1. The van der Waals surface area contributed by atoms with Crippen molar-refractivity contribution in [2.75, 3.05) is 20.1 Å². The van der Waals surface area contributed by atoms with Gasteiger partial charge in [0.2, 0.25) is 6.79 Å². The highest BCUT2D eigenvalue weighted by Crippen LogP contribution is 2.46. The van der Waals surface area contributed by atoms with Gasteiger partial charge < -0.3 is 42.5 Å². The predicted molar refractivity (Wildman–Crippen MR) is 257 cm³/mol. The van der Waals surface area contributed by atoms with Crippen LogP contribution in [0.4, 0.5) is 0 Å². The Hall–Kier alpha value is -6.42. The summed E-state index contributed by atoms with van der Waals surface area (Å²) in [6, 6.07) is 53.1. The van der Waals surface area contributed by atoms with Gasteiger partial charge in [0.05, 0.1) is 55.2 Å². The third-order valence-electron chi connectivity index (χ3n) is 12.2. The Bertz CT molecular complexity index is 2850. The molecule has 0 aliphatic carbocycles. The lowest BCUT2D eigenvalue weighted by atomic mass is 9.96. The first-order valence-electron chi connectivity index (χ1n) is 22.5. The largest absolute Gasteiger partial charge is 0.454 e. The number of carbonyl (C=O) groups is 2. The van der Waals surface area contributed by atoms with Crippen molar-refractivity contribution in [1.29, 1.82) is 0 Å². The smallest absolute Gasteiger partial charge is 0.270 e. The topological polar surface area (TPSA) is 116 Å². The fourth-order valence-corrected chi connectivity index (χ4v) is 9.36. The zero-order valence-corrected chi connectivity index (χ0v) is 38.7. The number of amides is 2. The molecule has 3 aliphatic heterocycles. The van der Waals surface area contributed by atoms with Crippen molar-refractivity contribution in [3.05, 3.63) is 208 Å². The van der Waals surface area contributed by atoms with Crippen LogP contribution in [0.2, 0.25) is 0 Å². The summed E-state index contributed by atoms with van der Waals surface area (Å²) in [5.41, 5.74) is 6.10. The second kappa shape index (κ2) is 21.3. The van der Waals surface area contributed by atoms with E-state index in [2.05, 4.69) is 15.9 Å². The molecular formula is C55H49BrN2O10. The number of benzene rings is 6. The maximum absolute atomic E-state index is 14.5. The summed E-state index contributed by atoms with van der Waals surface area (Å²) in [6.07, 6.45) is -2.02. The monoisotopic (exact) mass is 976 g/mol. The Labute approximate surface area is 402 Å². The molecule has 3 aliphatic rings. The summed E-state index contributed by atoms with van der Waals surface area (Å²) >= 11 is 3.53. The molecule has 4 heterocycles. The van der Waals surface area contributed by atoms with Crippen LogP contribution in [0.5, 0.6) is 11.5 Å². The minimum absolute atomic E-state index is 0.0208. The minimum Gasteiger partial charge on any atom is -0.454 e. The van der Waals surface area contributed by atoms with Crippen LogP contribution in [0.25, 0.3) is 16.5 Å². The van der Waals surface area contributed by atoms with Crippen LogP contribution in [0.3, 0.4) is 0 Å². The van der Waals surface area contributed by atoms with Gasteiger partial charge in [-0.05, 0) is 49.8 Å². The number of hydrogen-bond donors (Lipinski definition) is 0. The van der Waals surface area contributed by atoms with Crippen LogP contribution in [0, 0.1) is 0 Å². The Morgan fingerprint density at radius 3 is 1.56 bits per heavy atom. The fraction of sp³-hybridized carbons (Fsp3) is 0.236. The summed E-state index contributed by atoms with van der Waals surface area (Å²) in [4.78, 5) is 29.5. The van der Waals surface area contributed by atoms with Gasteiger partial charge in [-0.3, -0.25) is 9.59 Å². The van der Waals surface area contributed by atoms with Gasteiger partial charge in [0.25, 0.3) is 11.8 Å². The van der Waals surface area contributed by atoms with Gasteiger partial charge in [0.15, 0.2) is 17.7 Å². The van der Waals surface area contributed by atoms with E-state index in [0.29, 0.717) is 34.6 Å². The molecule has 0 bridgehead atoms. The van der Waals surface area contributed by atoms with Crippen molar-refractivity contribution < 1.29 is 47.5 Å². The van der Waals surface area contributed by atoms with E-state index in [-0.39, 0.29) is 56.6 Å². The minimum atomic E-state index is -0.908. The number of aromatic nitrogens is 1. The molecule has 68 heavy (non-hydrogen) atoms. The van der Waals surface area contributed by atoms with Crippen molar-refractivity contribution >= 4 is 44.2 Å². The predicted octanol–water partition coefficient (Wildman–Crippen LogP) is 9.89. The summed E-state index contributed by atoms with van der Waals surface area (Å²) in [5.74, 6) is -0.0116. The molecule has 1 fully saturated rings. The number of halogens is 1. The average molecular weight is 978 g/mol. The number of rotatable bonds is 19. The van der Waals surface area contributed by atoms with Gasteiger partial charge in [-0.25, -0.2) is 4.90 Å². The fourth-order valence-electron chi connectivity index (χ4n) is 8.76. The van der Waals surface area contributed by atoms with Crippen LogP contribution in [0.15, 0.2) is 174 Å². The molecule has 0 spiro atoms. The molecule has 1 saturated heterocycles. The molecule has 0 N–H and O–H groups in total. The zero-order chi connectivity index (χ0) is 46.2. The third kappa shape index (κ3) is 10.1. The molecule has 13 heteroatoms. The molecule has 12 nitrogen and oxygen atoms in total. The Balaban J connectivity index is 1.07. The standard InChI is InChI=1S/C55H49BrN2O10/c56-49-48(53(59)58(54(49)60)35-62-30-38-18-8-2-9-19-38)43-28-57(44-27-46-45(26-42(43)44)66-36-67-46)55-52(65-33-41-24-14-5-15-25-41)51(64-32-40-22-12-4-13-23-40)50(63-31-39-20-10-3-11-21-39)47(68-55)34-61-29-37-16-6-1-7-17-37/h1-28,47,50-52,55H,29-36H2. The lowest BCUT2D eigenvalue weighted by Crippen LogP contribution is -2.59. The molecular weight excluding hydrogens is 929 g/mol. The lowest BCUT2D eigenvalue weighted by Gasteiger charge is -2.46. The number of carbonyl (C=O) groups excluding carboxylic acids is 2. The van der Waals surface area contributed by atoms with E-state index >= 15 is 0 Å². The van der Waals surface area contributed by atoms with Gasteiger partial charge in [-0.1, -0.05) is 152 Å². The summed E-state index contributed by atoms with van der Waals surface area (Å²) in [6.45, 7) is 1.22. The van der Waals surface area contributed by atoms with Gasteiger partial charge in [0, 0.05) is 23.2 Å². The van der Waals surface area contributed by atoms with Crippen molar-refractivity contribution in [3.8, 4) is 11.5 Å². The van der Waals surface area contributed by atoms with Crippen LogP contribution in [-0.4, -0.2) is 65.8 Å². The number of fused-ring (bicyclic) bond motifs is 2. The first-order chi connectivity index (χ1) is 33.5. The molecule has 10 rings (SSSR count). The van der Waals surface area contributed by atoms with Crippen molar-refractivity contribution in [2.45, 2.75) is 63.7 Å². The zero-order valence-electron chi connectivity index (χ0n) is 37.1. The van der Waals surface area contributed by atoms with Gasteiger partial charge in [-0.15, -0.1) is 0 Å².